The van der Waals surface area contributed by atoms with Gasteiger partial charge in [-0.2, -0.15) is 9.29 Å². The van der Waals surface area contributed by atoms with Gasteiger partial charge in [0.2, 0.25) is 16.0 Å². The Hall–Kier alpha value is -2.24. The van der Waals surface area contributed by atoms with Gasteiger partial charge in [0, 0.05) is 47.2 Å². The molecule has 9 heteroatoms. The number of anilines is 3. The first kappa shape index (κ1) is 22.0. The maximum atomic E-state index is 12.9. The number of halogens is 1. The highest BCUT2D eigenvalue weighted by Gasteiger charge is 2.29. The Labute approximate surface area is 196 Å². The van der Waals surface area contributed by atoms with E-state index in [4.69, 9.17) is 0 Å². The maximum absolute atomic E-state index is 12.9. The predicted molar refractivity (Wildman–Crippen MR) is 131 cm³/mol. The Morgan fingerprint density at radius 3 is 2.19 bits per heavy atom. The van der Waals surface area contributed by atoms with Crippen molar-refractivity contribution in [3.8, 4) is 0 Å². The van der Waals surface area contributed by atoms with Crippen LogP contribution in [-0.4, -0.2) is 48.9 Å². The van der Waals surface area contributed by atoms with Crippen molar-refractivity contribution in [3.63, 3.8) is 0 Å². The molecule has 1 saturated heterocycles. The van der Waals surface area contributed by atoms with E-state index in [1.165, 1.54) is 9.87 Å². The smallest absolute Gasteiger partial charge is 0.243 e. The van der Waals surface area contributed by atoms with Gasteiger partial charge in [0.05, 0.1) is 4.90 Å². The van der Waals surface area contributed by atoms with Gasteiger partial charge in [-0.3, -0.25) is 0 Å². The first-order chi connectivity index (χ1) is 14.8. The summed E-state index contributed by atoms with van der Waals surface area (Å²) >= 11 is 2.17. The van der Waals surface area contributed by atoms with E-state index in [2.05, 4.69) is 44.8 Å². The molecule has 7 nitrogen and oxygen atoms in total. The summed E-state index contributed by atoms with van der Waals surface area (Å²) in [5, 5.41) is 3.33. The van der Waals surface area contributed by atoms with Crippen molar-refractivity contribution >= 4 is 50.1 Å². The van der Waals surface area contributed by atoms with Crippen LogP contribution in [0.4, 0.5) is 17.5 Å². The fourth-order valence-electron chi connectivity index (χ4n) is 3.43. The van der Waals surface area contributed by atoms with Crippen LogP contribution in [0.3, 0.4) is 0 Å². The first-order valence-corrected chi connectivity index (χ1v) is 12.5. The fourth-order valence-corrected chi connectivity index (χ4v) is 5.21. The average molecular weight is 549 g/mol. The van der Waals surface area contributed by atoms with Crippen LogP contribution >= 0.6 is 22.6 Å². The molecule has 0 atom stereocenters. The first-order valence-electron chi connectivity index (χ1n) is 10.0. The molecule has 2 aromatic carbocycles. The van der Waals surface area contributed by atoms with Crippen LogP contribution in [0.15, 0.2) is 59.5 Å². The number of benzene rings is 2. The van der Waals surface area contributed by atoms with Crippen LogP contribution < -0.4 is 10.2 Å². The van der Waals surface area contributed by atoms with E-state index in [1.54, 1.807) is 12.1 Å². The number of nitrogens with zero attached hydrogens (tertiary/aromatic N) is 4. The van der Waals surface area contributed by atoms with Crippen LogP contribution in [0.2, 0.25) is 0 Å². The highest BCUT2D eigenvalue weighted by molar-refractivity contribution is 14.1. The molecule has 1 fully saturated rings. The second kappa shape index (κ2) is 9.09. The van der Waals surface area contributed by atoms with Crippen molar-refractivity contribution in [2.45, 2.75) is 18.7 Å². The number of rotatable bonds is 5. The normalized spacial score (nSPS) is 15.1. The zero-order valence-corrected chi connectivity index (χ0v) is 20.4. The summed E-state index contributed by atoms with van der Waals surface area (Å²) in [6, 6.07) is 17.0. The molecule has 162 valence electrons. The molecule has 1 aromatic heterocycles. The van der Waals surface area contributed by atoms with Crippen molar-refractivity contribution in [1.29, 1.82) is 0 Å². The fraction of sp³-hybridized carbons (Fsp3) is 0.273. The summed E-state index contributed by atoms with van der Waals surface area (Å²) in [6.45, 7) is 5.85. The molecular weight excluding hydrogens is 525 g/mol. The highest BCUT2D eigenvalue weighted by Crippen LogP contribution is 2.22. The highest BCUT2D eigenvalue weighted by atomic mass is 127. The zero-order valence-electron chi connectivity index (χ0n) is 17.4. The van der Waals surface area contributed by atoms with Crippen LogP contribution in [0, 0.1) is 17.4 Å². The third-order valence-electron chi connectivity index (χ3n) is 5.14. The second-order valence-electron chi connectivity index (χ2n) is 7.53. The topological polar surface area (TPSA) is 78.4 Å². The van der Waals surface area contributed by atoms with Crippen molar-refractivity contribution in [2.24, 2.45) is 0 Å². The van der Waals surface area contributed by atoms with E-state index < -0.39 is 10.0 Å². The lowest BCUT2D eigenvalue weighted by atomic mass is 10.2. The summed E-state index contributed by atoms with van der Waals surface area (Å²) in [4.78, 5) is 11.6. The molecular formula is C22H24IN5O2S. The number of aryl methyl sites for hydroxylation is 2. The SMILES string of the molecule is Cc1ccc(Nc2cc(C)nc(N3CCN(S(=O)(=O)c4ccc(I)cc4)CC3)n2)cc1. The number of piperazine rings is 1. The average Bonchev–Trinajstić information content (AvgIpc) is 2.75. The molecule has 2 heterocycles. The van der Waals surface area contributed by atoms with E-state index in [-0.39, 0.29) is 0 Å². The molecule has 0 bridgehead atoms. The summed E-state index contributed by atoms with van der Waals surface area (Å²) < 4.78 is 28.4. The minimum atomic E-state index is -3.49. The Kier molecular flexibility index (Phi) is 6.44. The monoisotopic (exact) mass is 549 g/mol. The number of nitrogens with one attached hydrogen (secondary N) is 1. The molecule has 0 unspecified atom stereocenters. The van der Waals surface area contributed by atoms with E-state index in [1.807, 2.05) is 54.3 Å². The Morgan fingerprint density at radius 2 is 1.55 bits per heavy atom. The van der Waals surface area contributed by atoms with Crippen molar-refractivity contribution < 1.29 is 8.42 Å². The summed E-state index contributed by atoms with van der Waals surface area (Å²) in [7, 11) is -3.49. The number of hydrogen-bond donors (Lipinski definition) is 1. The minimum absolute atomic E-state index is 0.331. The molecule has 0 spiro atoms. The quantitative estimate of drug-likeness (QED) is 0.486. The number of sulfonamides is 1. The predicted octanol–water partition coefficient (Wildman–Crippen LogP) is 3.95. The standard InChI is InChI=1S/C22H24IN5O2S/c1-16-3-7-19(8-4-16)25-21-15-17(2)24-22(26-21)27-11-13-28(14-12-27)31(29,30)20-9-5-18(23)6-10-20/h3-10,15H,11-14H2,1-2H3,(H,24,25,26). The molecule has 0 amide bonds. The van der Waals surface area contributed by atoms with E-state index in [0.29, 0.717) is 37.0 Å². The molecule has 3 aromatic rings. The van der Waals surface area contributed by atoms with Gasteiger partial charge in [-0.05, 0) is 72.8 Å². The molecule has 1 aliphatic rings. The lowest BCUT2D eigenvalue weighted by molar-refractivity contribution is 0.382. The summed E-state index contributed by atoms with van der Waals surface area (Å²) in [6.07, 6.45) is 0. The van der Waals surface area contributed by atoms with Crippen LogP contribution in [0.25, 0.3) is 0 Å². The van der Waals surface area contributed by atoms with Crippen LogP contribution in [0.1, 0.15) is 11.3 Å². The number of aromatic nitrogens is 2. The van der Waals surface area contributed by atoms with E-state index in [9.17, 15) is 8.42 Å². The van der Waals surface area contributed by atoms with Gasteiger partial charge in [-0.1, -0.05) is 17.7 Å². The minimum Gasteiger partial charge on any atom is -0.340 e. The maximum Gasteiger partial charge on any atom is 0.243 e. The summed E-state index contributed by atoms with van der Waals surface area (Å²) in [5.41, 5.74) is 3.01. The van der Waals surface area contributed by atoms with Gasteiger partial charge in [-0.25, -0.2) is 13.4 Å². The second-order valence-corrected chi connectivity index (χ2v) is 10.7. The lowest BCUT2D eigenvalue weighted by Crippen LogP contribution is -2.49. The molecule has 0 aliphatic carbocycles. The van der Waals surface area contributed by atoms with E-state index in [0.717, 1.165) is 20.8 Å². The van der Waals surface area contributed by atoms with Crippen LogP contribution in [0.5, 0.6) is 0 Å². The Bertz CT molecular complexity index is 1160. The van der Waals surface area contributed by atoms with Gasteiger partial charge in [-0.15, -0.1) is 0 Å². The number of hydrogen-bond acceptors (Lipinski definition) is 6. The molecule has 0 saturated carbocycles. The largest absolute Gasteiger partial charge is 0.340 e. The molecule has 0 radical (unpaired) electrons. The Balaban J connectivity index is 1.46. The van der Waals surface area contributed by atoms with Gasteiger partial charge < -0.3 is 10.2 Å². The molecule has 4 rings (SSSR count). The van der Waals surface area contributed by atoms with Gasteiger partial charge in [0.1, 0.15) is 5.82 Å². The molecule has 1 N–H and O–H groups in total. The van der Waals surface area contributed by atoms with Crippen molar-refractivity contribution in [2.75, 3.05) is 36.4 Å². The third-order valence-corrected chi connectivity index (χ3v) is 7.77. The third kappa shape index (κ3) is 5.16. The van der Waals surface area contributed by atoms with Gasteiger partial charge in [0.25, 0.3) is 0 Å². The van der Waals surface area contributed by atoms with Crippen molar-refractivity contribution in [3.05, 3.63) is 69.4 Å². The Morgan fingerprint density at radius 1 is 0.903 bits per heavy atom. The molecule has 1 aliphatic heterocycles. The van der Waals surface area contributed by atoms with Crippen LogP contribution in [-0.2, 0) is 10.0 Å². The molecule has 31 heavy (non-hydrogen) atoms. The van der Waals surface area contributed by atoms with Crippen molar-refractivity contribution in [1.82, 2.24) is 14.3 Å². The lowest BCUT2D eigenvalue weighted by Gasteiger charge is -2.34. The van der Waals surface area contributed by atoms with E-state index >= 15 is 0 Å². The van der Waals surface area contributed by atoms with Gasteiger partial charge in [0.15, 0.2) is 0 Å². The van der Waals surface area contributed by atoms with Gasteiger partial charge >= 0.3 is 0 Å². The zero-order chi connectivity index (χ0) is 22.0. The summed E-state index contributed by atoms with van der Waals surface area (Å²) in [5.74, 6) is 1.33.